The van der Waals surface area contributed by atoms with Gasteiger partial charge >= 0.3 is 0 Å². The molecule has 34 heavy (non-hydrogen) atoms. The smallest absolute Gasteiger partial charge is 0.213 e. The Balaban J connectivity index is 1.70. The Hall–Kier alpha value is -3.42. The lowest BCUT2D eigenvalue weighted by Crippen LogP contribution is -2.38. The van der Waals surface area contributed by atoms with E-state index in [0.717, 1.165) is 29.7 Å². The van der Waals surface area contributed by atoms with Crippen LogP contribution in [0.25, 0.3) is 0 Å². The summed E-state index contributed by atoms with van der Waals surface area (Å²) in [6.07, 6.45) is 6.26. The fraction of sp³-hybridized carbons (Fsp3) is 0.333. The molecule has 1 heterocycles. The zero-order valence-electron chi connectivity index (χ0n) is 20.0. The van der Waals surface area contributed by atoms with Gasteiger partial charge in [-0.25, -0.2) is 15.8 Å². The predicted octanol–water partition coefficient (Wildman–Crippen LogP) is 5.35. The second-order valence-electron chi connectivity index (χ2n) is 7.81. The molecule has 2 N–H and O–H groups in total. The summed E-state index contributed by atoms with van der Waals surface area (Å²) >= 11 is 0. The predicted molar refractivity (Wildman–Crippen MR) is 136 cm³/mol. The lowest BCUT2D eigenvalue weighted by molar-refractivity contribution is 0.138. The Labute approximate surface area is 202 Å². The maximum atomic E-state index is 6.45. The van der Waals surface area contributed by atoms with E-state index in [4.69, 9.17) is 20.1 Å². The van der Waals surface area contributed by atoms with E-state index in [1.165, 1.54) is 17.9 Å². The number of aliphatic imine (C=N–C) groups is 1. The molecule has 0 aliphatic heterocycles. The average molecular weight is 463 g/mol. The quantitative estimate of drug-likeness (QED) is 0.121. The number of anilines is 1. The van der Waals surface area contributed by atoms with E-state index in [2.05, 4.69) is 16.9 Å². The van der Waals surface area contributed by atoms with Gasteiger partial charge in [-0.15, -0.1) is 0 Å². The van der Waals surface area contributed by atoms with Crippen molar-refractivity contribution in [2.45, 2.75) is 39.2 Å². The van der Waals surface area contributed by atoms with Gasteiger partial charge in [-0.2, -0.15) is 0 Å². The SMILES string of the molecule is CCCCCCOC/N=C(/c1ccc(OCc2ccccc2)cc1)N(N)c1ccc(OC)nc1. The van der Waals surface area contributed by atoms with Crippen molar-refractivity contribution in [2.24, 2.45) is 10.8 Å². The molecular formula is C27H34N4O3. The molecule has 7 nitrogen and oxygen atoms in total. The van der Waals surface area contributed by atoms with Crippen molar-refractivity contribution in [1.29, 1.82) is 0 Å². The van der Waals surface area contributed by atoms with Crippen molar-refractivity contribution in [3.63, 3.8) is 0 Å². The second kappa shape index (κ2) is 14.0. The van der Waals surface area contributed by atoms with E-state index in [9.17, 15) is 0 Å². The molecule has 3 aromatic rings. The number of hydrogen-bond donors (Lipinski definition) is 1. The van der Waals surface area contributed by atoms with Gasteiger partial charge in [0.25, 0.3) is 0 Å². The van der Waals surface area contributed by atoms with Crippen molar-refractivity contribution >= 4 is 11.5 Å². The molecule has 0 bridgehead atoms. The van der Waals surface area contributed by atoms with Crippen molar-refractivity contribution in [3.8, 4) is 11.6 Å². The van der Waals surface area contributed by atoms with E-state index < -0.39 is 0 Å². The molecular weight excluding hydrogens is 428 g/mol. The minimum absolute atomic E-state index is 0.227. The molecule has 2 aromatic carbocycles. The molecule has 0 aliphatic carbocycles. The molecule has 0 aliphatic rings. The Morgan fingerprint density at radius 3 is 2.44 bits per heavy atom. The van der Waals surface area contributed by atoms with Gasteiger partial charge in [-0.3, -0.25) is 5.01 Å². The first-order chi connectivity index (χ1) is 16.7. The maximum Gasteiger partial charge on any atom is 0.213 e. The van der Waals surface area contributed by atoms with E-state index >= 15 is 0 Å². The summed E-state index contributed by atoms with van der Waals surface area (Å²) in [4.78, 5) is 8.90. The highest BCUT2D eigenvalue weighted by Crippen LogP contribution is 2.19. The summed E-state index contributed by atoms with van der Waals surface area (Å²) in [5.74, 6) is 8.32. The zero-order valence-corrected chi connectivity index (χ0v) is 20.0. The highest BCUT2D eigenvalue weighted by atomic mass is 16.5. The number of unbranched alkanes of at least 4 members (excludes halogenated alkanes) is 3. The van der Waals surface area contributed by atoms with Crippen LogP contribution < -0.4 is 20.3 Å². The van der Waals surface area contributed by atoms with Crippen molar-refractivity contribution in [2.75, 3.05) is 25.5 Å². The molecule has 0 unspecified atom stereocenters. The Morgan fingerprint density at radius 2 is 1.76 bits per heavy atom. The van der Waals surface area contributed by atoms with Gasteiger partial charge in [0.1, 0.15) is 19.1 Å². The number of pyridine rings is 1. The second-order valence-corrected chi connectivity index (χ2v) is 7.81. The molecule has 180 valence electrons. The van der Waals surface area contributed by atoms with Gasteiger partial charge in [0, 0.05) is 18.2 Å². The lowest BCUT2D eigenvalue weighted by atomic mass is 10.2. The number of rotatable bonds is 13. The average Bonchev–Trinajstić information content (AvgIpc) is 2.90. The van der Waals surface area contributed by atoms with Gasteiger partial charge in [-0.1, -0.05) is 56.5 Å². The molecule has 0 saturated heterocycles. The molecule has 0 radical (unpaired) electrons. The number of nitrogens with zero attached hydrogens (tertiary/aromatic N) is 3. The number of amidine groups is 1. The molecule has 0 saturated carbocycles. The van der Waals surface area contributed by atoms with Crippen LogP contribution in [0, 0.1) is 0 Å². The van der Waals surface area contributed by atoms with Crippen LogP contribution in [0.2, 0.25) is 0 Å². The first kappa shape index (κ1) is 25.2. The number of hydrogen-bond acceptors (Lipinski definition) is 6. The van der Waals surface area contributed by atoms with Crippen LogP contribution in [-0.2, 0) is 11.3 Å². The van der Waals surface area contributed by atoms with Crippen LogP contribution >= 0.6 is 0 Å². The van der Waals surface area contributed by atoms with Crippen LogP contribution in [0.4, 0.5) is 5.69 Å². The van der Waals surface area contributed by atoms with Crippen molar-refractivity contribution in [1.82, 2.24) is 4.98 Å². The molecule has 3 rings (SSSR count). The van der Waals surface area contributed by atoms with Gasteiger partial charge in [0.15, 0.2) is 5.84 Å². The molecule has 7 heteroatoms. The van der Waals surface area contributed by atoms with Gasteiger partial charge < -0.3 is 14.2 Å². The van der Waals surface area contributed by atoms with E-state index in [0.29, 0.717) is 30.6 Å². The summed E-state index contributed by atoms with van der Waals surface area (Å²) in [5.41, 5.74) is 2.65. The molecule has 0 atom stereocenters. The monoisotopic (exact) mass is 462 g/mol. The number of benzene rings is 2. The van der Waals surface area contributed by atoms with Gasteiger partial charge in [-0.05, 0) is 42.3 Å². The first-order valence-electron chi connectivity index (χ1n) is 11.7. The standard InChI is InChI=1S/C27H34N4O3/c1-3-4-5-9-18-33-21-30-27(31(28)24-14-17-26(32-2)29-19-24)23-12-15-25(16-13-23)34-20-22-10-7-6-8-11-22/h6-8,10-17,19H,3-5,9,18,20-21,28H2,1-2H3/b30-27-. The fourth-order valence-electron chi connectivity index (χ4n) is 3.31. The molecule has 0 spiro atoms. The van der Waals surface area contributed by atoms with Crippen molar-refractivity contribution in [3.05, 3.63) is 84.1 Å². The van der Waals surface area contributed by atoms with Crippen LogP contribution in [0.5, 0.6) is 11.6 Å². The summed E-state index contributed by atoms with van der Waals surface area (Å²) in [5, 5.41) is 1.51. The largest absolute Gasteiger partial charge is 0.489 e. The topological polar surface area (TPSA) is 82.2 Å². The summed E-state index contributed by atoms with van der Waals surface area (Å²) in [7, 11) is 1.58. The van der Waals surface area contributed by atoms with Crippen LogP contribution in [0.1, 0.15) is 43.7 Å². The third-order valence-corrected chi connectivity index (χ3v) is 5.24. The fourth-order valence-corrected chi connectivity index (χ4v) is 3.31. The summed E-state index contributed by atoms with van der Waals surface area (Å²) < 4.78 is 16.8. The minimum atomic E-state index is 0.227. The maximum absolute atomic E-state index is 6.45. The third kappa shape index (κ3) is 7.86. The highest BCUT2D eigenvalue weighted by Gasteiger charge is 2.14. The Kier molecular flexibility index (Phi) is 10.4. The third-order valence-electron chi connectivity index (χ3n) is 5.24. The first-order valence-corrected chi connectivity index (χ1v) is 11.7. The molecule has 0 amide bonds. The van der Waals surface area contributed by atoms with Crippen LogP contribution in [-0.4, -0.2) is 31.3 Å². The Morgan fingerprint density at radius 1 is 0.971 bits per heavy atom. The number of methoxy groups -OCH3 is 1. The number of ether oxygens (including phenoxy) is 3. The number of hydrazine groups is 1. The van der Waals surface area contributed by atoms with Gasteiger partial charge in [0.2, 0.25) is 5.88 Å². The number of aromatic nitrogens is 1. The van der Waals surface area contributed by atoms with Crippen LogP contribution in [0.3, 0.4) is 0 Å². The highest BCUT2D eigenvalue weighted by molar-refractivity contribution is 6.09. The Bertz CT molecular complexity index is 993. The minimum Gasteiger partial charge on any atom is -0.489 e. The summed E-state index contributed by atoms with van der Waals surface area (Å²) in [6.45, 7) is 3.61. The van der Waals surface area contributed by atoms with E-state index in [-0.39, 0.29) is 6.73 Å². The van der Waals surface area contributed by atoms with Crippen molar-refractivity contribution < 1.29 is 14.2 Å². The normalized spacial score (nSPS) is 11.3. The van der Waals surface area contributed by atoms with Crippen LogP contribution in [0.15, 0.2) is 77.9 Å². The molecule has 1 aromatic heterocycles. The molecule has 0 fully saturated rings. The summed E-state index contributed by atoms with van der Waals surface area (Å²) in [6, 6.07) is 21.4. The van der Waals surface area contributed by atoms with E-state index in [1.54, 1.807) is 19.4 Å². The lowest BCUT2D eigenvalue weighted by Gasteiger charge is -2.21. The van der Waals surface area contributed by atoms with E-state index in [1.807, 2.05) is 60.7 Å². The zero-order chi connectivity index (χ0) is 24.0. The van der Waals surface area contributed by atoms with Gasteiger partial charge in [0.05, 0.1) is 19.0 Å². The number of nitrogens with two attached hydrogens (primary N) is 1.